The number of fused-ring (bicyclic) bond motifs is 5. The number of ether oxygens (including phenoxy) is 2. The molecule has 256 valence electrons. The molecule has 5 N–H and O–H groups in total. The van der Waals surface area contributed by atoms with E-state index in [1.165, 1.54) is 5.57 Å². The van der Waals surface area contributed by atoms with E-state index in [-0.39, 0.29) is 18.1 Å². The standard InChI is InChI=1S/C39H46N6O4/c1-7-25-21(3)29-18-31-23(5)27(9-10-36(47)41-12-14-49-16-15-48-13-11-40)38(44-31)28-17-35(46)37-24(6)32(45-39(28)37)20-34-26(8-2)22(4)30(43-34)19-33(25)42-29/h7,18-20,42,46H,1,8-17,40H2,2-6H3,(H,41,47). The van der Waals surface area contributed by atoms with Crippen molar-refractivity contribution in [3.63, 3.8) is 0 Å². The van der Waals surface area contributed by atoms with Gasteiger partial charge in [0, 0.05) is 53.3 Å². The summed E-state index contributed by atoms with van der Waals surface area (Å²) in [6.45, 7) is 17.2. The normalized spacial score (nSPS) is 18.2. The average Bonchev–Trinajstić information content (AvgIpc) is 3.83. The monoisotopic (exact) mass is 662 g/mol. The summed E-state index contributed by atoms with van der Waals surface area (Å²) in [5.41, 5.74) is 19.2. The van der Waals surface area contributed by atoms with Gasteiger partial charge in [-0.3, -0.25) is 4.79 Å². The quantitative estimate of drug-likeness (QED) is 0.231. The molecule has 0 saturated heterocycles. The third kappa shape index (κ3) is 6.56. The van der Waals surface area contributed by atoms with Crippen LogP contribution in [0.4, 0.5) is 0 Å². The minimum atomic E-state index is -0.0661. The molecule has 8 bridgehead atoms. The van der Waals surface area contributed by atoms with Crippen LogP contribution in [0.2, 0.25) is 0 Å². The number of carbonyl (C=O) groups is 1. The molecule has 5 aliphatic rings. The lowest BCUT2D eigenvalue weighted by Gasteiger charge is -2.11. The Labute approximate surface area is 287 Å². The van der Waals surface area contributed by atoms with Crippen molar-refractivity contribution in [1.82, 2.24) is 10.3 Å². The van der Waals surface area contributed by atoms with E-state index in [2.05, 4.69) is 56.7 Å². The zero-order chi connectivity index (χ0) is 34.8. The molecule has 1 aromatic rings. The van der Waals surface area contributed by atoms with E-state index in [0.717, 1.165) is 95.9 Å². The van der Waals surface area contributed by atoms with Gasteiger partial charge in [0.15, 0.2) is 0 Å². The Kier molecular flexibility index (Phi) is 10.1. The summed E-state index contributed by atoms with van der Waals surface area (Å²) in [6.07, 6.45) is 10.0. The highest BCUT2D eigenvalue weighted by molar-refractivity contribution is 6.26. The maximum atomic E-state index is 13.0. The first-order valence-corrected chi connectivity index (χ1v) is 17.1. The van der Waals surface area contributed by atoms with Crippen molar-refractivity contribution >= 4 is 41.3 Å². The number of aliphatic hydroxyl groups excluding tert-OH is 1. The highest BCUT2D eigenvalue weighted by Gasteiger charge is 2.37. The van der Waals surface area contributed by atoms with Gasteiger partial charge in [-0.25, -0.2) is 15.0 Å². The van der Waals surface area contributed by atoms with Crippen molar-refractivity contribution in [2.75, 3.05) is 39.5 Å². The Bertz CT molecular complexity index is 2040. The number of hydrogen-bond donors (Lipinski definition) is 4. The molecule has 0 unspecified atom stereocenters. The molecule has 1 aliphatic carbocycles. The third-order valence-electron chi connectivity index (χ3n) is 9.74. The van der Waals surface area contributed by atoms with Crippen molar-refractivity contribution in [3.8, 4) is 0 Å². The Hall–Kier alpha value is -4.64. The summed E-state index contributed by atoms with van der Waals surface area (Å²) < 4.78 is 10.9. The van der Waals surface area contributed by atoms with Gasteiger partial charge in [-0.15, -0.1) is 0 Å². The fourth-order valence-corrected chi connectivity index (χ4v) is 7.02. The zero-order valence-corrected chi connectivity index (χ0v) is 29.2. The number of aliphatic imine (C=N–C) groups is 3. The number of nitrogens with one attached hydrogen (secondary N) is 2. The van der Waals surface area contributed by atoms with Gasteiger partial charge in [0.25, 0.3) is 0 Å². The number of carbonyl (C=O) groups excluding carboxylic acids is 1. The van der Waals surface area contributed by atoms with Crippen LogP contribution in [-0.4, -0.2) is 72.6 Å². The van der Waals surface area contributed by atoms with Gasteiger partial charge < -0.3 is 30.6 Å². The lowest BCUT2D eigenvalue weighted by molar-refractivity contribution is -0.121. The minimum absolute atomic E-state index is 0.0661. The second kappa shape index (κ2) is 14.5. The number of hydrogen-bond acceptors (Lipinski definition) is 8. The summed E-state index contributed by atoms with van der Waals surface area (Å²) in [5, 5.41) is 16.1. The number of aliphatic hydroxyl groups is 1. The topological polar surface area (TPSA) is 147 Å². The summed E-state index contributed by atoms with van der Waals surface area (Å²) in [7, 11) is 0. The number of H-pyrrole nitrogens is 1. The van der Waals surface area contributed by atoms with Gasteiger partial charge >= 0.3 is 0 Å². The average molecular weight is 663 g/mol. The predicted octanol–water partition coefficient (Wildman–Crippen LogP) is 4.46. The molecule has 0 fully saturated rings. The van der Waals surface area contributed by atoms with E-state index in [9.17, 15) is 9.90 Å². The number of amides is 1. The first-order valence-electron chi connectivity index (χ1n) is 17.1. The van der Waals surface area contributed by atoms with Crippen molar-refractivity contribution in [2.45, 2.75) is 60.3 Å². The van der Waals surface area contributed by atoms with Gasteiger partial charge in [-0.1, -0.05) is 19.6 Å². The van der Waals surface area contributed by atoms with E-state index in [0.29, 0.717) is 52.4 Å². The summed E-state index contributed by atoms with van der Waals surface area (Å²) in [4.78, 5) is 32.0. The van der Waals surface area contributed by atoms with E-state index >= 15 is 0 Å². The minimum Gasteiger partial charge on any atom is -0.511 e. The van der Waals surface area contributed by atoms with Gasteiger partial charge in [0.2, 0.25) is 5.91 Å². The van der Waals surface area contributed by atoms with Gasteiger partial charge in [0.05, 0.1) is 60.7 Å². The molecule has 0 aromatic carbocycles. The molecule has 1 aromatic heterocycles. The number of rotatable bonds is 13. The second-order valence-corrected chi connectivity index (χ2v) is 12.7. The van der Waals surface area contributed by atoms with Crippen LogP contribution in [0.15, 0.2) is 89.5 Å². The van der Waals surface area contributed by atoms with Crippen LogP contribution < -0.4 is 21.7 Å². The number of nitrogens with zero attached hydrogens (tertiary/aromatic N) is 3. The first-order chi connectivity index (χ1) is 23.7. The molecule has 10 heteroatoms. The number of nitrogens with two attached hydrogens (primary N) is 1. The molecular formula is C39H46N6O4. The van der Waals surface area contributed by atoms with Crippen molar-refractivity contribution in [2.24, 2.45) is 20.7 Å². The summed E-state index contributed by atoms with van der Waals surface area (Å²) in [6, 6.07) is 0. The van der Waals surface area contributed by atoms with Crippen molar-refractivity contribution < 1.29 is 19.4 Å². The number of aromatic nitrogens is 1. The van der Waals surface area contributed by atoms with E-state index in [4.69, 9.17) is 30.2 Å². The van der Waals surface area contributed by atoms with Crippen LogP contribution in [0.1, 0.15) is 64.5 Å². The number of allylic oxidation sites excluding steroid dienone is 8. The van der Waals surface area contributed by atoms with Crippen LogP contribution in [0.5, 0.6) is 0 Å². The van der Waals surface area contributed by atoms with E-state index in [1.54, 1.807) is 0 Å². The molecule has 10 nitrogen and oxygen atoms in total. The highest BCUT2D eigenvalue weighted by Crippen LogP contribution is 2.44. The molecule has 0 saturated carbocycles. The molecule has 0 radical (unpaired) electrons. The predicted molar refractivity (Wildman–Crippen MR) is 197 cm³/mol. The van der Waals surface area contributed by atoms with Crippen LogP contribution >= 0.6 is 0 Å². The van der Waals surface area contributed by atoms with E-state index in [1.807, 2.05) is 19.1 Å². The molecule has 6 rings (SSSR count). The van der Waals surface area contributed by atoms with Crippen LogP contribution in [-0.2, 0) is 14.3 Å². The van der Waals surface area contributed by atoms with Crippen molar-refractivity contribution in [3.05, 3.63) is 96.3 Å². The molecule has 5 heterocycles. The van der Waals surface area contributed by atoms with Gasteiger partial charge in [0.1, 0.15) is 5.76 Å². The lowest BCUT2D eigenvalue weighted by atomic mass is 9.95. The Morgan fingerprint density at radius 1 is 0.980 bits per heavy atom. The lowest BCUT2D eigenvalue weighted by Crippen LogP contribution is -2.27. The molecule has 1 amide bonds. The molecular weight excluding hydrogens is 616 g/mol. The van der Waals surface area contributed by atoms with Crippen LogP contribution in [0, 0.1) is 6.92 Å². The zero-order valence-electron chi connectivity index (χ0n) is 29.2. The van der Waals surface area contributed by atoms with Crippen LogP contribution in [0.25, 0.3) is 18.2 Å². The van der Waals surface area contributed by atoms with Gasteiger partial charge in [-0.2, -0.15) is 0 Å². The Morgan fingerprint density at radius 3 is 2.43 bits per heavy atom. The Balaban J connectivity index is 1.38. The number of aromatic amines is 1. The van der Waals surface area contributed by atoms with Gasteiger partial charge in [-0.05, 0) is 92.2 Å². The fraction of sp³-hybridized carbons (Fsp3) is 0.385. The molecule has 0 spiro atoms. The van der Waals surface area contributed by atoms with Crippen molar-refractivity contribution in [1.29, 1.82) is 0 Å². The maximum absolute atomic E-state index is 13.0. The van der Waals surface area contributed by atoms with Crippen LogP contribution in [0.3, 0.4) is 0 Å². The third-order valence-corrected chi connectivity index (χ3v) is 9.74. The Morgan fingerprint density at radius 2 is 1.69 bits per heavy atom. The molecule has 4 aliphatic heterocycles. The maximum Gasteiger partial charge on any atom is 0.220 e. The largest absolute Gasteiger partial charge is 0.511 e. The smallest absolute Gasteiger partial charge is 0.220 e. The molecule has 0 atom stereocenters. The molecule has 49 heavy (non-hydrogen) atoms. The second-order valence-electron chi connectivity index (χ2n) is 12.7. The summed E-state index contributed by atoms with van der Waals surface area (Å²) >= 11 is 0. The van der Waals surface area contributed by atoms with E-state index < -0.39 is 0 Å². The first kappa shape index (κ1) is 34.2. The SMILES string of the molecule is C=Cc1c(C)c2[nH]c1=CC1=NC(=CC3=C(C)C4=C(O)CC(=C5N=C(C=2)C(C)=C5CCC(=O)NCCOCCOCCN)C4=N3)C(CC)=C1C. The fourth-order valence-electron chi connectivity index (χ4n) is 7.02. The summed E-state index contributed by atoms with van der Waals surface area (Å²) in [5.74, 6) is 0.222. The highest BCUT2D eigenvalue weighted by atomic mass is 16.5.